The van der Waals surface area contributed by atoms with Crippen molar-refractivity contribution in [3.05, 3.63) is 29.3 Å². The van der Waals surface area contributed by atoms with Crippen LogP contribution in [0.2, 0.25) is 0 Å². The zero-order chi connectivity index (χ0) is 20.1. The fourth-order valence-corrected chi connectivity index (χ4v) is 2.73. The van der Waals surface area contributed by atoms with Crippen LogP contribution in [0.3, 0.4) is 0 Å². The van der Waals surface area contributed by atoms with Gasteiger partial charge in [-0.05, 0) is 37.8 Å². The number of rotatable bonds is 12. The van der Waals surface area contributed by atoms with Crippen molar-refractivity contribution < 1.29 is 14.2 Å². The highest BCUT2D eigenvalue weighted by Gasteiger charge is 2.11. The number of halogens is 1. The van der Waals surface area contributed by atoms with Crippen LogP contribution in [-0.2, 0) is 16.0 Å². The standard InChI is InChI=1S/C21H37N3O3.HI/c1-16(2)13-18(4)27-20-14-17(3)7-8-19(20)15-24-21(22-5)23-9-10-26-12-11-25-6;/h7-8,14,16,18H,9-13,15H2,1-6H3,(H2,22,23,24);1H. The molecule has 0 aromatic heterocycles. The van der Waals surface area contributed by atoms with Gasteiger partial charge in [0, 0.05) is 32.8 Å². The Morgan fingerprint density at radius 3 is 2.50 bits per heavy atom. The summed E-state index contributed by atoms with van der Waals surface area (Å²) in [5, 5.41) is 6.59. The van der Waals surface area contributed by atoms with Gasteiger partial charge < -0.3 is 24.8 Å². The lowest BCUT2D eigenvalue weighted by Crippen LogP contribution is -2.38. The molecule has 0 aliphatic carbocycles. The van der Waals surface area contributed by atoms with Crippen molar-refractivity contribution >= 4 is 29.9 Å². The molecule has 0 amide bonds. The minimum Gasteiger partial charge on any atom is -0.490 e. The second-order valence-electron chi connectivity index (χ2n) is 7.13. The fourth-order valence-electron chi connectivity index (χ4n) is 2.73. The van der Waals surface area contributed by atoms with Crippen molar-refractivity contribution in [3.63, 3.8) is 0 Å². The lowest BCUT2D eigenvalue weighted by molar-refractivity contribution is 0.0733. The molecule has 1 aromatic carbocycles. The number of aryl methyl sites for hydroxylation is 1. The molecule has 0 saturated carbocycles. The number of guanidine groups is 1. The number of aliphatic imine (C=N–C) groups is 1. The van der Waals surface area contributed by atoms with Crippen molar-refractivity contribution in [1.29, 1.82) is 0 Å². The first-order valence-electron chi connectivity index (χ1n) is 9.73. The Hall–Kier alpha value is -1.06. The molecular weight excluding hydrogens is 469 g/mol. The number of nitrogens with one attached hydrogen (secondary N) is 2. The van der Waals surface area contributed by atoms with E-state index in [1.165, 1.54) is 5.56 Å². The van der Waals surface area contributed by atoms with E-state index in [0.29, 0.717) is 38.8 Å². The Balaban J connectivity index is 0.00000729. The van der Waals surface area contributed by atoms with Gasteiger partial charge in [0.15, 0.2) is 5.96 Å². The third-order valence-corrected chi connectivity index (χ3v) is 3.99. The maximum absolute atomic E-state index is 6.21. The van der Waals surface area contributed by atoms with Crippen molar-refractivity contribution in [2.24, 2.45) is 10.9 Å². The van der Waals surface area contributed by atoms with Crippen molar-refractivity contribution in [1.82, 2.24) is 10.6 Å². The average Bonchev–Trinajstić information content (AvgIpc) is 2.61. The molecule has 1 unspecified atom stereocenters. The van der Waals surface area contributed by atoms with Crippen molar-refractivity contribution in [3.8, 4) is 5.75 Å². The fraction of sp³-hybridized carbons (Fsp3) is 0.667. The minimum absolute atomic E-state index is 0. The summed E-state index contributed by atoms with van der Waals surface area (Å²) in [4.78, 5) is 4.26. The number of ether oxygens (including phenoxy) is 3. The predicted molar refractivity (Wildman–Crippen MR) is 127 cm³/mol. The zero-order valence-corrected chi connectivity index (χ0v) is 20.5. The molecule has 0 radical (unpaired) electrons. The molecule has 7 heteroatoms. The Morgan fingerprint density at radius 1 is 1.11 bits per heavy atom. The molecule has 0 saturated heterocycles. The van der Waals surface area contributed by atoms with Crippen molar-refractivity contribution in [2.45, 2.75) is 46.8 Å². The lowest BCUT2D eigenvalue weighted by Gasteiger charge is -2.20. The number of hydrogen-bond donors (Lipinski definition) is 2. The van der Waals surface area contributed by atoms with Crippen molar-refractivity contribution in [2.75, 3.05) is 40.5 Å². The van der Waals surface area contributed by atoms with Gasteiger partial charge in [0.2, 0.25) is 0 Å². The first kappa shape index (κ1) is 26.9. The van der Waals surface area contributed by atoms with Crippen LogP contribution in [-0.4, -0.2) is 52.6 Å². The highest BCUT2D eigenvalue weighted by molar-refractivity contribution is 14.0. The molecule has 0 bridgehead atoms. The summed E-state index contributed by atoms with van der Waals surface area (Å²) < 4.78 is 16.6. The maximum Gasteiger partial charge on any atom is 0.191 e. The van der Waals surface area contributed by atoms with Crippen LogP contribution in [0.4, 0.5) is 0 Å². The van der Waals surface area contributed by atoms with E-state index < -0.39 is 0 Å². The predicted octanol–water partition coefficient (Wildman–Crippen LogP) is 3.75. The van der Waals surface area contributed by atoms with Gasteiger partial charge in [0.1, 0.15) is 5.75 Å². The molecule has 6 nitrogen and oxygen atoms in total. The first-order chi connectivity index (χ1) is 13.0. The molecule has 2 N–H and O–H groups in total. The summed E-state index contributed by atoms with van der Waals surface area (Å²) >= 11 is 0. The molecule has 1 rings (SSSR count). The van der Waals surface area contributed by atoms with Crippen LogP contribution < -0.4 is 15.4 Å². The van der Waals surface area contributed by atoms with Crippen LogP contribution in [0.5, 0.6) is 5.75 Å². The van der Waals surface area contributed by atoms with E-state index in [1.54, 1.807) is 14.2 Å². The summed E-state index contributed by atoms with van der Waals surface area (Å²) in [6.45, 7) is 11.8. The zero-order valence-electron chi connectivity index (χ0n) is 18.2. The van der Waals surface area contributed by atoms with Gasteiger partial charge in [0.05, 0.1) is 25.9 Å². The Labute approximate surface area is 187 Å². The third kappa shape index (κ3) is 11.7. The monoisotopic (exact) mass is 507 g/mol. The van der Waals surface area contributed by atoms with Crippen LogP contribution in [0, 0.1) is 12.8 Å². The van der Waals surface area contributed by atoms with Crippen LogP contribution in [0.1, 0.15) is 38.3 Å². The summed E-state index contributed by atoms with van der Waals surface area (Å²) in [5.74, 6) is 2.29. The van der Waals surface area contributed by atoms with Gasteiger partial charge >= 0.3 is 0 Å². The smallest absolute Gasteiger partial charge is 0.191 e. The van der Waals surface area contributed by atoms with Gasteiger partial charge in [-0.3, -0.25) is 4.99 Å². The van der Waals surface area contributed by atoms with Crippen LogP contribution >= 0.6 is 24.0 Å². The number of methoxy groups -OCH3 is 1. The molecular formula is C21H38IN3O3. The molecule has 1 atom stereocenters. The van der Waals surface area contributed by atoms with E-state index in [1.807, 2.05) is 0 Å². The van der Waals surface area contributed by atoms with E-state index in [0.717, 1.165) is 23.7 Å². The van der Waals surface area contributed by atoms with Gasteiger partial charge in [0.25, 0.3) is 0 Å². The van der Waals surface area contributed by atoms with E-state index in [9.17, 15) is 0 Å². The first-order valence-corrected chi connectivity index (χ1v) is 9.73. The summed E-state index contributed by atoms with van der Waals surface area (Å²) in [7, 11) is 3.43. The highest BCUT2D eigenvalue weighted by atomic mass is 127. The molecule has 0 aliphatic heterocycles. The van der Waals surface area contributed by atoms with Gasteiger partial charge in [-0.25, -0.2) is 0 Å². The van der Waals surface area contributed by atoms with Crippen LogP contribution in [0.15, 0.2) is 23.2 Å². The highest BCUT2D eigenvalue weighted by Crippen LogP contribution is 2.23. The molecule has 162 valence electrons. The molecule has 0 aliphatic rings. The summed E-state index contributed by atoms with van der Waals surface area (Å²) in [5.41, 5.74) is 2.32. The Morgan fingerprint density at radius 2 is 1.86 bits per heavy atom. The third-order valence-electron chi connectivity index (χ3n) is 3.99. The van der Waals surface area contributed by atoms with Gasteiger partial charge in [-0.2, -0.15) is 0 Å². The van der Waals surface area contributed by atoms with E-state index >= 15 is 0 Å². The van der Waals surface area contributed by atoms with E-state index in [-0.39, 0.29) is 30.1 Å². The minimum atomic E-state index is 0. The normalized spacial score (nSPS) is 12.5. The largest absolute Gasteiger partial charge is 0.490 e. The van der Waals surface area contributed by atoms with Gasteiger partial charge in [-0.1, -0.05) is 26.0 Å². The second kappa shape index (κ2) is 15.8. The number of nitrogens with zero attached hydrogens (tertiary/aromatic N) is 1. The summed E-state index contributed by atoms with van der Waals surface area (Å²) in [6.07, 6.45) is 1.22. The molecule has 1 aromatic rings. The lowest BCUT2D eigenvalue weighted by atomic mass is 10.1. The molecule has 28 heavy (non-hydrogen) atoms. The quantitative estimate of drug-likeness (QED) is 0.195. The number of hydrogen-bond acceptors (Lipinski definition) is 4. The molecule has 0 fully saturated rings. The molecule has 0 spiro atoms. The average molecular weight is 507 g/mol. The topological polar surface area (TPSA) is 64.1 Å². The Bertz CT molecular complexity index is 568. The van der Waals surface area contributed by atoms with E-state index in [4.69, 9.17) is 14.2 Å². The van der Waals surface area contributed by atoms with Crippen LogP contribution in [0.25, 0.3) is 0 Å². The SMILES string of the molecule is CN=C(NCCOCCOC)NCc1ccc(C)cc1OC(C)CC(C)C.I. The summed E-state index contributed by atoms with van der Waals surface area (Å²) in [6, 6.07) is 6.32. The Kier molecular flexibility index (Phi) is 15.2. The maximum atomic E-state index is 6.21. The number of benzene rings is 1. The van der Waals surface area contributed by atoms with Gasteiger partial charge in [-0.15, -0.1) is 24.0 Å². The van der Waals surface area contributed by atoms with E-state index in [2.05, 4.69) is 61.5 Å². The molecule has 0 heterocycles. The second-order valence-corrected chi connectivity index (χ2v) is 7.13.